The molecular weight excluding hydrogens is 244 g/mol. The van der Waals surface area contributed by atoms with Gasteiger partial charge in [-0.2, -0.15) is 0 Å². The van der Waals surface area contributed by atoms with Crippen LogP contribution in [0.1, 0.15) is 30.7 Å². The number of halogens is 1. The standard InChI is InChI=1S/C10H13BrN2O/c1-14-10-12-5-7(6-13-10)8-3-2-4-9(8)11/h5-6,8-9H,2-4H2,1H3. The van der Waals surface area contributed by atoms with Crippen LogP contribution in [0.5, 0.6) is 6.01 Å². The zero-order valence-corrected chi connectivity index (χ0v) is 9.70. The molecule has 0 saturated heterocycles. The van der Waals surface area contributed by atoms with Crippen molar-refractivity contribution in [2.24, 2.45) is 0 Å². The van der Waals surface area contributed by atoms with E-state index >= 15 is 0 Å². The molecule has 1 aromatic heterocycles. The van der Waals surface area contributed by atoms with Crippen molar-refractivity contribution >= 4 is 15.9 Å². The smallest absolute Gasteiger partial charge is 0.316 e. The maximum Gasteiger partial charge on any atom is 0.316 e. The van der Waals surface area contributed by atoms with Crippen molar-refractivity contribution in [3.63, 3.8) is 0 Å². The Labute approximate surface area is 92.0 Å². The Morgan fingerprint density at radius 3 is 2.57 bits per heavy atom. The molecule has 1 aliphatic carbocycles. The summed E-state index contributed by atoms with van der Waals surface area (Å²) in [6, 6.07) is 0.442. The zero-order valence-electron chi connectivity index (χ0n) is 8.11. The lowest BCUT2D eigenvalue weighted by Gasteiger charge is -2.13. The highest BCUT2D eigenvalue weighted by Gasteiger charge is 2.26. The number of nitrogens with zero attached hydrogens (tertiary/aromatic N) is 2. The minimum absolute atomic E-state index is 0.442. The van der Waals surface area contributed by atoms with Crippen molar-refractivity contribution in [3.05, 3.63) is 18.0 Å². The molecule has 3 nitrogen and oxygen atoms in total. The molecule has 0 aliphatic heterocycles. The molecule has 1 aliphatic rings. The highest BCUT2D eigenvalue weighted by Crippen LogP contribution is 2.38. The minimum atomic E-state index is 0.442. The van der Waals surface area contributed by atoms with Crippen molar-refractivity contribution in [3.8, 4) is 6.01 Å². The fraction of sp³-hybridized carbons (Fsp3) is 0.600. The lowest BCUT2D eigenvalue weighted by molar-refractivity contribution is 0.379. The number of ether oxygens (including phenoxy) is 1. The molecule has 1 aromatic rings. The van der Waals surface area contributed by atoms with Gasteiger partial charge in [0, 0.05) is 17.2 Å². The Balaban J connectivity index is 2.16. The highest BCUT2D eigenvalue weighted by atomic mass is 79.9. The van der Waals surface area contributed by atoms with Gasteiger partial charge in [0.15, 0.2) is 0 Å². The molecule has 0 radical (unpaired) electrons. The van der Waals surface area contributed by atoms with E-state index in [1.54, 1.807) is 7.11 Å². The molecule has 0 bridgehead atoms. The predicted molar refractivity (Wildman–Crippen MR) is 57.9 cm³/mol. The van der Waals surface area contributed by atoms with E-state index in [9.17, 15) is 0 Å². The first-order chi connectivity index (χ1) is 6.81. The van der Waals surface area contributed by atoms with E-state index in [1.807, 2.05) is 12.4 Å². The molecule has 1 heterocycles. The summed E-state index contributed by atoms with van der Waals surface area (Å²) in [5.41, 5.74) is 1.21. The number of rotatable bonds is 2. The van der Waals surface area contributed by atoms with Gasteiger partial charge >= 0.3 is 6.01 Å². The van der Waals surface area contributed by atoms with Gasteiger partial charge in [0.1, 0.15) is 0 Å². The summed E-state index contributed by atoms with van der Waals surface area (Å²) >= 11 is 3.69. The van der Waals surface area contributed by atoms with Crippen LogP contribution in [-0.2, 0) is 0 Å². The predicted octanol–water partition coefficient (Wildman–Crippen LogP) is 2.52. The van der Waals surface area contributed by atoms with Crippen LogP contribution >= 0.6 is 15.9 Å². The molecule has 2 unspecified atom stereocenters. The molecule has 0 spiro atoms. The lowest BCUT2D eigenvalue weighted by Crippen LogP contribution is -2.05. The topological polar surface area (TPSA) is 35.0 Å². The van der Waals surface area contributed by atoms with Gasteiger partial charge in [-0.3, -0.25) is 0 Å². The third kappa shape index (κ3) is 1.90. The second kappa shape index (κ2) is 4.26. The Morgan fingerprint density at radius 2 is 2.07 bits per heavy atom. The Morgan fingerprint density at radius 1 is 1.36 bits per heavy atom. The maximum absolute atomic E-state index is 4.92. The van der Waals surface area contributed by atoms with Crippen molar-refractivity contribution in [2.75, 3.05) is 7.11 Å². The second-order valence-corrected chi connectivity index (χ2v) is 4.73. The van der Waals surface area contributed by atoms with E-state index < -0.39 is 0 Å². The summed E-state index contributed by atoms with van der Waals surface area (Å²) in [4.78, 5) is 8.83. The van der Waals surface area contributed by atoms with Crippen LogP contribution in [0.2, 0.25) is 0 Å². The van der Waals surface area contributed by atoms with Crippen LogP contribution in [-0.4, -0.2) is 21.9 Å². The Kier molecular flexibility index (Phi) is 3.01. The van der Waals surface area contributed by atoms with Crippen LogP contribution in [0, 0.1) is 0 Å². The molecule has 0 N–H and O–H groups in total. The van der Waals surface area contributed by atoms with E-state index in [0.717, 1.165) is 0 Å². The number of hydrogen-bond acceptors (Lipinski definition) is 3. The first kappa shape index (κ1) is 9.90. The summed E-state index contributed by atoms with van der Waals surface area (Å²) in [5.74, 6) is 0.570. The van der Waals surface area contributed by atoms with Crippen molar-refractivity contribution < 1.29 is 4.74 Å². The summed E-state index contributed by atoms with van der Waals surface area (Å²) in [6.07, 6.45) is 7.50. The third-order valence-corrected chi connectivity index (χ3v) is 3.79. The van der Waals surface area contributed by atoms with Gasteiger partial charge < -0.3 is 4.74 Å². The SMILES string of the molecule is COc1ncc(C2CCCC2Br)cn1. The molecule has 2 atom stereocenters. The molecule has 0 aromatic carbocycles. The number of alkyl halides is 1. The monoisotopic (exact) mass is 256 g/mol. The van der Waals surface area contributed by atoms with Gasteiger partial charge in [-0.25, -0.2) is 9.97 Å². The summed E-state index contributed by atoms with van der Waals surface area (Å²) in [6.45, 7) is 0. The molecule has 14 heavy (non-hydrogen) atoms. The van der Waals surface area contributed by atoms with E-state index in [0.29, 0.717) is 16.8 Å². The molecular formula is C10H13BrN2O. The van der Waals surface area contributed by atoms with Crippen LogP contribution in [0.4, 0.5) is 0 Å². The number of hydrogen-bond donors (Lipinski definition) is 0. The quantitative estimate of drug-likeness (QED) is 0.763. The van der Waals surface area contributed by atoms with E-state index in [2.05, 4.69) is 25.9 Å². The Bertz CT molecular complexity index is 301. The molecule has 76 valence electrons. The van der Waals surface area contributed by atoms with Crippen molar-refractivity contribution in [1.82, 2.24) is 9.97 Å². The second-order valence-electron chi connectivity index (χ2n) is 3.56. The van der Waals surface area contributed by atoms with Crippen LogP contribution in [0.15, 0.2) is 12.4 Å². The zero-order chi connectivity index (χ0) is 9.97. The summed E-state index contributed by atoms with van der Waals surface area (Å²) < 4.78 is 4.92. The van der Waals surface area contributed by atoms with E-state index in [-0.39, 0.29) is 0 Å². The van der Waals surface area contributed by atoms with Crippen molar-refractivity contribution in [1.29, 1.82) is 0 Å². The van der Waals surface area contributed by atoms with E-state index in [4.69, 9.17) is 4.74 Å². The lowest BCUT2D eigenvalue weighted by atomic mass is 10.0. The molecule has 0 amide bonds. The van der Waals surface area contributed by atoms with Gasteiger partial charge in [0.2, 0.25) is 0 Å². The largest absolute Gasteiger partial charge is 0.467 e. The van der Waals surface area contributed by atoms with Gasteiger partial charge in [-0.1, -0.05) is 22.4 Å². The highest BCUT2D eigenvalue weighted by molar-refractivity contribution is 9.09. The van der Waals surface area contributed by atoms with Crippen LogP contribution in [0.3, 0.4) is 0 Å². The maximum atomic E-state index is 4.92. The van der Waals surface area contributed by atoms with Gasteiger partial charge in [-0.15, -0.1) is 0 Å². The van der Waals surface area contributed by atoms with Crippen LogP contribution < -0.4 is 4.74 Å². The van der Waals surface area contributed by atoms with Gasteiger partial charge in [0.25, 0.3) is 0 Å². The molecule has 2 rings (SSSR count). The fourth-order valence-electron chi connectivity index (χ4n) is 1.91. The first-order valence-electron chi connectivity index (χ1n) is 4.81. The molecule has 1 saturated carbocycles. The first-order valence-corrected chi connectivity index (χ1v) is 5.73. The summed E-state index contributed by atoms with van der Waals surface area (Å²) in [7, 11) is 1.58. The van der Waals surface area contributed by atoms with Crippen molar-refractivity contribution in [2.45, 2.75) is 30.0 Å². The van der Waals surface area contributed by atoms with Gasteiger partial charge in [0.05, 0.1) is 7.11 Å². The average molecular weight is 257 g/mol. The molecule has 4 heteroatoms. The minimum Gasteiger partial charge on any atom is -0.467 e. The fourth-order valence-corrected chi connectivity index (χ4v) is 2.81. The van der Waals surface area contributed by atoms with E-state index in [1.165, 1.54) is 24.8 Å². The third-order valence-electron chi connectivity index (χ3n) is 2.69. The summed E-state index contributed by atoms with van der Waals surface area (Å²) in [5, 5.41) is 0. The molecule has 1 fully saturated rings. The Hall–Kier alpha value is -0.640. The average Bonchev–Trinajstić information content (AvgIpc) is 2.65. The normalized spacial score (nSPS) is 26.4. The van der Waals surface area contributed by atoms with Crippen LogP contribution in [0.25, 0.3) is 0 Å². The number of aromatic nitrogens is 2. The number of methoxy groups -OCH3 is 1. The van der Waals surface area contributed by atoms with Gasteiger partial charge in [-0.05, 0) is 24.3 Å².